The first-order chi connectivity index (χ1) is 10.1. The maximum Gasteiger partial charge on any atom is 0.167 e. The van der Waals surface area contributed by atoms with Crippen LogP contribution in [0.1, 0.15) is 48.7 Å². The summed E-state index contributed by atoms with van der Waals surface area (Å²) in [5.74, 6) is 2.78. The summed E-state index contributed by atoms with van der Waals surface area (Å²) in [6.07, 6.45) is 4.94. The standard InChI is InChI=1S/C15H19BrN4O/c1-8-11(9(2)21-20-8)14-18-13(10-6-4-5-7-10)12(16)15(17-3)19-14/h10H,4-7H2,1-3H3,(H,17,18,19). The van der Waals surface area contributed by atoms with Gasteiger partial charge in [-0.25, -0.2) is 9.97 Å². The molecule has 0 spiro atoms. The number of rotatable bonds is 3. The highest BCUT2D eigenvalue weighted by atomic mass is 79.9. The fourth-order valence-electron chi connectivity index (χ4n) is 3.01. The molecule has 0 bridgehead atoms. The van der Waals surface area contributed by atoms with Gasteiger partial charge in [-0.2, -0.15) is 0 Å². The Hall–Kier alpha value is -1.43. The molecule has 21 heavy (non-hydrogen) atoms. The van der Waals surface area contributed by atoms with Gasteiger partial charge in [0.1, 0.15) is 11.6 Å². The first kappa shape index (κ1) is 14.5. The van der Waals surface area contributed by atoms with E-state index in [1.165, 1.54) is 25.7 Å². The van der Waals surface area contributed by atoms with Gasteiger partial charge in [0.05, 0.1) is 21.4 Å². The molecule has 3 rings (SSSR count). The Labute approximate surface area is 132 Å². The number of hydrogen-bond acceptors (Lipinski definition) is 5. The molecule has 0 amide bonds. The second kappa shape index (κ2) is 5.75. The Morgan fingerprint density at radius 1 is 1.19 bits per heavy atom. The van der Waals surface area contributed by atoms with E-state index in [9.17, 15) is 0 Å². The van der Waals surface area contributed by atoms with Crippen molar-refractivity contribution < 1.29 is 4.52 Å². The number of aryl methyl sites for hydroxylation is 2. The van der Waals surface area contributed by atoms with E-state index in [1.54, 1.807) is 0 Å². The first-order valence-electron chi connectivity index (χ1n) is 7.30. The van der Waals surface area contributed by atoms with Crippen LogP contribution in [0.3, 0.4) is 0 Å². The molecule has 0 atom stereocenters. The molecular weight excluding hydrogens is 332 g/mol. The summed E-state index contributed by atoms with van der Waals surface area (Å²) in [6, 6.07) is 0. The Morgan fingerprint density at radius 2 is 1.90 bits per heavy atom. The normalized spacial score (nSPS) is 15.6. The maximum absolute atomic E-state index is 5.26. The topological polar surface area (TPSA) is 63.8 Å². The van der Waals surface area contributed by atoms with Crippen LogP contribution in [0.15, 0.2) is 9.00 Å². The quantitative estimate of drug-likeness (QED) is 0.897. The molecule has 0 unspecified atom stereocenters. The highest BCUT2D eigenvalue weighted by Crippen LogP contribution is 2.40. The van der Waals surface area contributed by atoms with Gasteiger partial charge in [-0.15, -0.1) is 0 Å². The van der Waals surface area contributed by atoms with E-state index in [0.29, 0.717) is 11.7 Å². The fourth-order valence-corrected chi connectivity index (χ4v) is 3.71. The van der Waals surface area contributed by atoms with E-state index in [2.05, 4.69) is 31.4 Å². The molecule has 0 radical (unpaired) electrons. The van der Waals surface area contributed by atoms with E-state index in [-0.39, 0.29) is 0 Å². The molecule has 2 aromatic heterocycles. The van der Waals surface area contributed by atoms with Crippen LogP contribution >= 0.6 is 15.9 Å². The smallest absolute Gasteiger partial charge is 0.167 e. The van der Waals surface area contributed by atoms with Crippen LogP contribution in [0.25, 0.3) is 11.4 Å². The third-order valence-electron chi connectivity index (χ3n) is 4.11. The molecule has 1 saturated carbocycles. The molecule has 5 nitrogen and oxygen atoms in total. The monoisotopic (exact) mass is 350 g/mol. The summed E-state index contributed by atoms with van der Waals surface area (Å²) in [5, 5.41) is 7.16. The third kappa shape index (κ3) is 2.57. The minimum absolute atomic E-state index is 0.508. The molecule has 1 fully saturated rings. The molecule has 1 N–H and O–H groups in total. The Morgan fingerprint density at radius 3 is 2.48 bits per heavy atom. The van der Waals surface area contributed by atoms with Crippen molar-refractivity contribution in [2.75, 3.05) is 12.4 Å². The molecule has 2 heterocycles. The zero-order valence-electron chi connectivity index (χ0n) is 12.5. The van der Waals surface area contributed by atoms with Gasteiger partial charge in [0.15, 0.2) is 5.82 Å². The third-order valence-corrected chi connectivity index (χ3v) is 4.89. The van der Waals surface area contributed by atoms with Crippen LogP contribution < -0.4 is 5.32 Å². The zero-order chi connectivity index (χ0) is 15.0. The van der Waals surface area contributed by atoms with Crippen LogP contribution in [-0.2, 0) is 0 Å². The van der Waals surface area contributed by atoms with Crippen LogP contribution in [0, 0.1) is 13.8 Å². The van der Waals surface area contributed by atoms with Crippen molar-refractivity contribution >= 4 is 21.7 Å². The molecule has 0 saturated heterocycles. The Kier molecular flexibility index (Phi) is 3.97. The largest absolute Gasteiger partial charge is 0.372 e. The number of hydrogen-bond donors (Lipinski definition) is 1. The average Bonchev–Trinajstić information content (AvgIpc) is 3.10. The summed E-state index contributed by atoms with van der Waals surface area (Å²) >= 11 is 3.66. The summed E-state index contributed by atoms with van der Waals surface area (Å²) < 4.78 is 6.24. The van der Waals surface area contributed by atoms with E-state index in [1.807, 2.05) is 20.9 Å². The van der Waals surface area contributed by atoms with Crippen LogP contribution in [0.5, 0.6) is 0 Å². The van der Waals surface area contributed by atoms with Crippen molar-refractivity contribution in [3.63, 3.8) is 0 Å². The van der Waals surface area contributed by atoms with Crippen LogP contribution in [-0.4, -0.2) is 22.2 Å². The zero-order valence-corrected chi connectivity index (χ0v) is 14.1. The minimum Gasteiger partial charge on any atom is -0.372 e. The van der Waals surface area contributed by atoms with E-state index >= 15 is 0 Å². The van der Waals surface area contributed by atoms with E-state index in [0.717, 1.165) is 33.0 Å². The molecule has 0 aliphatic heterocycles. The van der Waals surface area contributed by atoms with Crippen molar-refractivity contribution in [3.8, 4) is 11.4 Å². The first-order valence-corrected chi connectivity index (χ1v) is 8.09. The predicted molar refractivity (Wildman–Crippen MR) is 85.5 cm³/mol. The van der Waals surface area contributed by atoms with Crippen molar-refractivity contribution in [1.29, 1.82) is 0 Å². The van der Waals surface area contributed by atoms with Crippen LogP contribution in [0.2, 0.25) is 0 Å². The summed E-state index contributed by atoms with van der Waals surface area (Å²) in [6.45, 7) is 3.82. The number of aromatic nitrogens is 3. The van der Waals surface area contributed by atoms with Gasteiger partial charge in [0.2, 0.25) is 0 Å². The van der Waals surface area contributed by atoms with Crippen molar-refractivity contribution in [2.45, 2.75) is 45.4 Å². The van der Waals surface area contributed by atoms with Crippen molar-refractivity contribution in [2.24, 2.45) is 0 Å². The van der Waals surface area contributed by atoms with Gasteiger partial charge in [0, 0.05) is 13.0 Å². The van der Waals surface area contributed by atoms with Crippen molar-refractivity contribution in [3.05, 3.63) is 21.6 Å². The van der Waals surface area contributed by atoms with Crippen LogP contribution in [0.4, 0.5) is 5.82 Å². The number of nitrogens with zero attached hydrogens (tertiary/aromatic N) is 3. The highest BCUT2D eigenvalue weighted by Gasteiger charge is 2.25. The highest BCUT2D eigenvalue weighted by molar-refractivity contribution is 9.10. The van der Waals surface area contributed by atoms with Gasteiger partial charge in [-0.05, 0) is 42.6 Å². The predicted octanol–water partition coefficient (Wildman–Crippen LogP) is 4.21. The number of nitrogens with one attached hydrogen (secondary N) is 1. The Balaban J connectivity index is 2.15. The lowest BCUT2D eigenvalue weighted by molar-refractivity contribution is 0.393. The molecule has 2 aromatic rings. The summed E-state index contributed by atoms with van der Waals surface area (Å²) in [4.78, 5) is 9.45. The molecular formula is C15H19BrN4O. The molecule has 112 valence electrons. The van der Waals surface area contributed by atoms with Gasteiger partial charge < -0.3 is 9.84 Å². The SMILES string of the molecule is CNc1nc(-c2c(C)noc2C)nc(C2CCCC2)c1Br. The lowest BCUT2D eigenvalue weighted by atomic mass is 10.0. The fraction of sp³-hybridized carbons (Fsp3) is 0.533. The lowest BCUT2D eigenvalue weighted by Gasteiger charge is -2.15. The Bertz CT molecular complexity index is 642. The van der Waals surface area contributed by atoms with Gasteiger partial charge in [-0.1, -0.05) is 18.0 Å². The molecule has 1 aliphatic carbocycles. The molecule has 6 heteroatoms. The minimum atomic E-state index is 0.508. The summed E-state index contributed by atoms with van der Waals surface area (Å²) in [7, 11) is 1.88. The number of halogens is 1. The lowest BCUT2D eigenvalue weighted by Crippen LogP contribution is -2.06. The maximum atomic E-state index is 5.26. The second-order valence-corrected chi connectivity index (χ2v) is 6.32. The van der Waals surface area contributed by atoms with Gasteiger partial charge >= 0.3 is 0 Å². The van der Waals surface area contributed by atoms with E-state index in [4.69, 9.17) is 9.51 Å². The molecule has 1 aliphatic rings. The van der Waals surface area contributed by atoms with Gasteiger partial charge in [-0.3, -0.25) is 0 Å². The number of anilines is 1. The molecule has 0 aromatic carbocycles. The average molecular weight is 351 g/mol. The van der Waals surface area contributed by atoms with E-state index < -0.39 is 0 Å². The van der Waals surface area contributed by atoms with Crippen molar-refractivity contribution in [1.82, 2.24) is 15.1 Å². The second-order valence-electron chi connectivity index (χ2n) is 5.53. The summed E-state index contributed by atoms with van der Waals surface area (Å²) in [5.41, 5.74) is 2.83. The van der Waals surface area contributed by atoms with Gasteiger partial charge in [0.25, 0.3) is 0 Å².